The van der Waals surface area contributed by atoms with Crippen LogP contribution >= 0.6 is 0 Å². The fourth-order valence-electron chi connectivity index (χ4n) is 0.613. The van der Waals surface area contributed by atoms with Gasteiger partial charge in [0.15, 0.2) is 0 Å². The number of nitrogens with zero attached hydrogens (tertiary/aromatic N) is 2. The first kappa shape index (κ1) is 12.8. The van der Waals surface area contributed by atoms with E-state index < -0.39 is 10.3 Å². The van der Waals surface area contributed by atoms with Gasteiger partial charge in [0.05, 0.1) is 0 Å². The monoisotopic (exact) mass is 213 g/mol. The molecule has 0 radical (unpaired) electrons. The second kappa shape index (κ2) is 4.87. The van der Waals surface area contributed by atoms with Crippen LogP contribution in [0.15, 0.2) is 12.3 Å². The summed E-state index contributed by atoms with van der Waals surface area (Å²) in [7, 11) is -4.27. The number of rotatable bonds is 2. The summed E-state index contributed by atoms with van der Waals surface area (Å²) in [6, 6.07) is 1.61. The van der Waals surface area contributed by atoms with Gasteiger partial charge in [-0.15, -0.1) is 0 Å². The molecule has 0 fully saturated rings. The van der Waals surface area contributed by atoms with Crippen molar-refractivity contribution in [2.45, 2.75) is 6.92 Å². The summed E-state index contributed by atoms with van der Waals surface area (Å²) in [4.78, 5) is 7.26. The third kappa shape index (κ3) is 5.17. The molecule has 1 aromatic heterocycles. The summed E-state index contributed by atoms with van der Waals surface area (Å²) in [5.74, 6) is -0.141. The molecular weight excluding hydrogens is 205 g/mol. The number of anilines is 1. The second-order valence-electron chi connectivity index (χ2n) is 2.10. The molecule has 1 aromatic rings. The third-order valence-corrected chi connectivity index (χ3v) is 1.46. The molecule has 0 spiro atoms. The van der Waals surface area contributed by atoms with Crippen LogP contribution in [-0.4, -0.2) is 52.5 Å². The molecule has 0 aliphatic carbocycles. The van der Waals surface area contributed by atoms with E-state index in [2.05, 4.69) is 9.97 Å². The summed E-state index contributed by atoms with van der Waals surface area (Å²) in [5.41, 5.74) is 0.608. The number of hydrogen-bond donors (Lipinski definition) is 2. The van der Waals surface area contributed by atoms with Crippen LogP contribution in [0.1, 0.15) is 5.69 Å². The Balaban J connectivity index is 0.00000144. The number of hydrogen-bond acceptors (Lipinski definition) is 4. The minimum absolute atomic E-state index is 0. The Hall–Kier alpha value is -0.210. The second-order valence-corrected chi connectivity index (χ2v) is 3.25. The third-order valence-electron chi connectivity index (χ3n) is 1.02. The molecule has 0 aliphatic heterocycles. The number of nitrogens with one attached hydrogen (secondary N) is 1. The van der Waals surface area contributed by atoms with Gasteiger partial charge in [-0.2, -0.15) is 8.42 Å². The molecule has 0 amide bonds. The molecule has 0 saturated carbocycles. The average Bonchev–Trinajstić information content (AvgIpc) is 1.82. The predicted octanol–water partition coefficient (Wildman–Crippen LogP) is -0.649. The van der Waals surface area contributed by atoms with Crippen LogP contribution < -0.4 is 4.72 Å². The van der Waals surface area contributed by atoms with Gasteiger partial charge in [-0.25, -0.2) is 14.7 Å². The number of aryl methyl sites for hydroxylation is 1. The molecule has 1 heterocycles. The van der Waals surface area contributed by atoms with E-state index in [0.717, 1.165) is 0 Å². The maximum absolute atomic E-state index is 10.3. The topological polar surface area (TPSA) is 92.2 Å². The van der Waals surface area contributed by atoms with E-state index >= 15 is 0 Å². The number of aromatic nitrogens is 2. The molecule has 0 saturated heterocycles. The Labute approximate surface area is 98.0 Å². The summed E-state index contributed by atoms with van der Waals surface area (Å²) >= 11 is 0. The van der Waals surface area contributed by atoms with E-state index in [1.165, 1.54) is 6.20 Å². The summed E-state index contributed by atoms with van der Waals surface area (Å²) in [5, 5.41) is 0. The zero-order valence-corrected chi connectivity index (χ0v) is 7.04. The quantitative estimate of drug-likeness (QED) is 0.503. The van der Waals surface area contributed by atoms with Gasteiger partial charge in [-0.1, -0.05) is 0 Å². The van der Waals surface area contributed by atoms with Gasteiger partial charge < -0.3 is 0 Å². The van der Waals surface area contributed by atoms with Crippen molar-refractivity contribution in [2.24, 2.45) is 0 Å². The fraction of sp³-hybridized carbons (Fsp3) is 0.200. The van der Waals surface area contributed by atoms with Crippen molar-refractivity contribution in [1.29, 1.82) is 0 Å². The molecule has 8 heteroatoms. The molecule has 0 aliphatic rings. The van der Waals surface area contributed by atoms with E-state index in [0.29, 0.717) is 5.69 Å². The van der Waals surface area contributed by atoms with Crippen LogP contribution in [0.4, 0.5) is 5.95 Å². The summed E-state index contributed by atoms with van der Waals surface area (Å²) in [6.07, 6.45) is 1.38. The first-order valence-corrected chi connectivity index (χ1v) is 4.46. The molecule has 6 nitrogen and oxygen atoms in total. The van der Waals surface area contributed by atoms with Crippen LogP contribution in [0.25, 0.3) is 0 Å². The van der Waals surface area contributed by atoms with Crippen molar-refractivity contribution < 1.29 is 13.0 Å². The molecular formula is C5H8N3NaO3S. The van der Waals surface area contributed by atoms with Crippen molar-refractivity contribution in [2.75, 3.05) is 4.72 Å². The Morgan fingerprint density at radius 1 is 1.54 bits per heavy atom. The average molecular weight is 213 g/mol. The van der Waals surface area contributed by atoms with Crippen LogP contribution in [0.3, 0.4) is 0 Å². The Kier molecular flexibility index (Phi) is 4.79. The van der Waals surface area contributed by atoms with Crippen LogP contribution in [0.2, 0.25) is 0 Å². The predicted molar refractivity (Wildman–Crippen MR) is 49.1 cm³/mol. The zero-order valence-electron chi connectivity index (χ0n) is 6.22. The van der Waals surface area contributed by atoms with Gasteiger partial charge >= 0.3 is 39.9 Å². The van der Waals surface area contributed by atoms with E-state index in [9.17, 15) is 8.42 Å². The standard InChI is InChI=1S/C5H7N3O3S.Na.H/c1-4-2-3-6-5(7-4)8-12(9,10)11;;/h2-3H,1H3,(H,6,7,8)(H,9,10,11);;. The Bertz CT molecular complexity index is 380. The van der Waals surface area contributed by atoms with Gasteiger partial charge in [-0.05, 0) is 13.0 Å². The molecule has 0 atom stereocenters. The Morgan fingerprint density at radius 2 is 2.15 bits per heavy atom. The molecule has 0 aromatic carbocycles. The first-order valence-electron chi connectivity index (χ1n) is 3.02. The molecule has 2 N–H and O–H groups in total. The molecule has 0 unspecified atom stereocenters. The van der Waals surface area contributed by atoms with Crippen LogP contribution in [-0.2, 0) is 10.3 Å². The van der Waals surface area contributed by atoms with Crippen molar-refractivity contribution in [3.05, 3.63) is 18.0 Å². The normalized spacial score (nSPS) is 10.3. The van der Waals surface area contributed by atoms with Crippen LogP contribution in [0, 0.1) is 6.92 Å². The molecule has 1 rings (SSSR count). The molecule has 68 valence electrons. The van der Waals surface area contributed by atoms with E-state index in [-0.39, 0.29) is 35.5 Å². The van der Waals surface area contributed by atoms with Gasteiger partial charge in [0, 0.05) is 11.9 Å². The fourth-order valence-corrected chi connectivity index (χ4v) is 0.943. The molecule has 0 bridgehead atoms. The van der Waals surface area contributed by atoms with Gasteiger partial charge in [0.2, 0.25) is 5.95 Å². The van der Waals surface area contributed by atoms with Crippen molar-refractivity contribution >= 4 is 45.8 Å². The van der Waals surface area contributed by atoms with Gasteiger partial charge in [0.1, 0.15) is 0 Å². The van der Waals surface area contributed by atoms with Gasteiger partial charge in [-0.3, -0.25) is 4.55 Å². The maximum atomic E-state index is 10.3. The van der Waals surface area contributed by atoms with E-state index in [1.54, 1.807) is 17.7 Å². The van der Waals surface area contributed by atoms with Crippen molar-refractivity contribution in [3.63, 3.8) is 0 Å². The SMILES string of the molecule is Cc1ccnc(NS(=O)(=O)O)n1.[NaH]. The van der Waals surface area contributed by atoms with E-state index in [1.807, 2.05) is 0 Å². The van der Waals surface area contributed by atoms with E-state index in [4.69, 9.17) is 4.55 Å². The zero-order chi connectivity index (χ0) is 9.19. The Morgan fingerprint density at radius 3 is 2.62 bits per heavy atom. The van der Waals surface area contributed by atoms with Crippen molar-refractivity contribution in [3.8, 4) is 0 Å². The van der Waals surface area contributed by atoms with Crippen molar-refractivity contribution in [1.82, 2.24) is 9.97 Å². The first-order chi connectivity index (χ1) is 5.47. The summed E-state index contributed by atoms with van der Waals surface area (Å²) in [6.45, 7) is 1.68. The minimum atomic E-state index is -4.27. The summed E-state index contributed by atoms with van der Waals surface area (Å²) < 4.78 is 30.6. The molecule has 13 heavy (non-hydrogen) atoms. The van der Waals surface area contributed by atoms with Gasteiger partial charge in [0.25, 0.3) is 0 Å². The van der Waals surface area contributed by atoms with Crippen LogP contribution in [0.5, 0.6) is 0 Å².